The lowest BCUT2D eigenvalue weighted by Crippen LogP contribution is -2.30. The lowest BCUT2D eigenvalue weighted by atomic mass is 10.0. The highest BCUT2D eigenvalue weighted by molar-refractivity contribution is 5.55. The molecule has 0 N–H and O–H groups in total. The van der Waals surface area contributed by atoms with Crippen LogP contribution in [0.1, 0.15) is 24.0 Å². The highest BCUT2D eigenvalue weighted by atomic mass is 16.7. The van der Waals surface area contributed by atoms with Crippen LogP contribution in [-0.4, -0.2) is 30.9 Å². The molecule has 3 rings (SSSR count). The Labute approximate surface area is 108 Å². The maximum Gasteiger partial charge on any atom is 0.159 e. The van der Waals surface area contributed by atoms with Crippen LogP contribution in [0.4, 0.5) is 0 Å². The molecule has 2 aliphatic rings. The van der Waals surface area contributed by atoms with Crippen molar-refractivity contribution in [1.82, 2.24) is 4.90 Å². The molecule has 1 aromatic carbocycles. The van der Waals surface area contributed by atoms with E-state index in [9.17, 15) is 0 Å². The van der Waals surface area contributed by atoms with E-state index in [0.29, 0.717) is 0 Å². The lowest BCUT2D eigenvalue weighted by molar-refractivity contribution is -0.182. The van der Waals surface area contributed by atoms with Crippen LogP contribution in [0.15, 0.2) is 30.5 Å². The number of rotatable bonds is 3. The number of benzene rings is 1. The second-order valence-electron chi connectivity index (χ2n) is 4.80. The minimum absolute atomic E-state index is 0.00989. The van der Waals surface area contributed by atoms with E-state index in [1.165, 1.54) is 11.1 Å². The van der Waals surface area contributed by atoms with Crippen molar-refractivity contribution in [3.8, 4) is 0 Å². The normalized spacial score (nSPS) is 19.9. The first-order chi connectivity index (χ1) is 8.92. The Balaban J connectivity index is 1.53. The molecule has 18 heavy (non-hydrogen) atoms. The molecule has 1 saturated heterocycles. The molecule has 96 valence electrons. The van der Waals surface area contributed by atoms with Crippen molar-refractivity contribution in [2.24, 2.45) is 0 Å². The SMILES string of the molecule is C1=CN(CCC2OCCCO2)Cc2ccccc21. The Morgan fingerprint density at radius 2 is 2.00 bits per heavy atom. The third kappa shape index (κ3) is 2.74. The number of hydrogen-bond donors (Lipinski definition) is 0. The summed E-state index contributed by atoms with van der Waals surface area (Å²) in [6, 6.07) is 8.54. The summed E-state index contributed by atoms with van der Waals surface area (Å²) in [7, 11) is 0. The molecular weight excluding hydrogens is 226 g/mol. The smallest absolute Gasteiger partial charge is 0.159 e. The highest BCUT2D eigenvalue weighted by Gasteiger charge is 2.16. The Hall–Kier alpha value is -1.32. The second kappa shape index (κ2) is 5.55. The van der Waals surface area contributed by atoms with E-state index in [2.05, 4.69) is 41.4 Å². The molecule has 1 aromatic rings. The topological polar surface area (TPSA) is 21.7 Å². The van der Waals surface area contributed by atoms with Gasteiger partial charge in [-0.05, 0) is 29.8 Å². The van der Waals surface area contributed by atoms with E-state index in [1.54, 1.807) is 0 Å². The molecule has 0 amide bonds. The summed E-state index contributed by atoms with van der Waals surface area (Å²) in [5.41, 5.74) is 2.73. The van der Waals surface area contributed by atoms with Gasteiger partial charge < -0.3 is 14.4 Å². The summed E-state index contributed by atoms with van der Waals surface area (Å²) in [6.07, 6.45) is 6.30. The van der Waals surface area contributed by atoms with Crippen LogP contribution in [0.2, 0.25) is 0 Å². The highest BCUT2D eigenvalue weighted by Crippen LogP contribution is 2.20. The average Bonchev–Trinajstić information content (AvgIpc) is 2.46. The van der Waals surface area contributed by atoms with Gasteiger partial charge in [0.25, 0.3) is 0 Å². The standard InChI is InChI=1S/C15H19NO2/c1-2-5-14-12-16(8-6-13(14)4-1)9-7-15-17-10-3-11-18-15/h1-2,4-6,8,15H,3,7,9-12H2. The Morgan fingerprint density at radius 1 is 1.17 bits per heavy atom. The number of hydrogen-bond acceptors (Lipinski definition) is 3. The fourth-order valence-corrected chi connectivity index (χ4v) is 2.43. The van der Waals surface area contributed by atoms with Crippen LogP contribution in [0.3, 0.4) is 0 Å². The summed E-state index contributed by atoms with van der Waals surface area (Å²) in [6.45, 7) is 3.64. The molecule has 2 aliphatic heterocycles. The first-order valence-electron chi connectivity index (χ1n) is 6.65. The summed E-state index contributed by atoms with van der Waals surface area (Å²) in [5.74, 6) is 0. The first-order valence-corrected chi connectivity index (χ1v) is 6.65. The monoisotopic (exact) mass is 245 g/mol. The summed E-state index contributed by atoms with van der Waals surface area (Å²) in [4.78, 5) is 2.32. The van der Waals surface area contributed by atoms with Crippen LogP contribution in [0.25, 0.3) is 6.08 Å². The van der Waals surface area contributed by atoms with Crippen molar-refractivity contribution < 1.29 is 9.47 Å². The van der Waals surface area contributed by atoms with Crippen LogP contribution < -0.4 is 0 Å². The van der Waals surface area contributed by atoms with Crippen molar-refractivity contribution in [3.05, 3.63) is 41.6 Å². The van der Waals surface area contributed by atoms with E-state index in [1.807, 2.05) is 0 Å². The van der Waals surface area contributed by atoms with Gasteiger partial charge in [-0.1, -0.05) is 24.3 Å². The van der Waals surface area contributed by atoms with Gasteiger partial charge >= 0.3 is 0 Å². The number of ether oxygens (including phenoxy) is 2. The molecule has 0 aromatic heterocycles. The van der Waals surface area contributed by atoms with Gasteiger partial charge in [0, 0.05) is 19.5 Å². The van der Waals surface area contributed by atoms with Crippen LogP contribution in [0, 0.1) is 0 Å². The van der Waals surface area contributed by atoms with Crippen molar-refractivity contribution in [1.29, 1.82) is 0 Å². The van der Waals surface area contributed by atoms with Gasteiger partial charge in [-0.2, -0.15) is 0 Å². The maximum absolute atomic E-state index is 5.57. The summed E-state index contributed by atoms with van der Waals surface area (Å²) in [5, 5.41) is 0. The van der Waals surface area contributed by atoms with Crippen molar-refractivity contribution in [2.45, 2.75) is 25.7 Å². The van der Waals surface area contributed by atoms with E-state index in [-0.39, 0.29) is 6.29 Å². The predicted molar refractivity (Wildman–Crippen MR) is 70.8 cm³/mol. The lowest BCUT2D eigenvalue weighted by Gasteiger charge is -2.28. The van der Waals surface area contributed by atoms with Crippen molar-refractivity contribution in [3.63, 3.8) is 0 Å². The fourth-order valence-electron chi connectivity index (χ4n) is 2.43. The Bertz CT molecular complexity index is 424. The molecule has 2 heterocycles. The van der Waals surface area contributed by atoms with Gasteiger partial charge in [0.2, 0.25) is 0 Å². The zero-order valence-electron chi connectivity index (χ0n) is 10.5. The quantitative estimate of drug-likeness (QED) is 0.817. The van der Waals surface area contributed by atoms with Crippen molar-refractivity contribution >= 4 is 6.08 Å². The van der Waals surface area contributed by atoms with Gasteiger partial charge in [-0.25, -0.2) is 0 Å². The zero-order valence-corrected chi connectivity index (χ0v) is 10.5. The van der Waals surface area contributed by atoms with E-state index in [4.69, 9.17) is 9.47 Å². The van der Waals surface area contributed by atoms with Crippen LogP contribution >= 0.6 is 0 Å². The van der Waals surface area contributed by atoms with E-state index in [0.717, 1.165) is 39.1 Å². The number of fused-ring (bicyclic) bond motifs is 1. The maximum atomic E-state index is 5.57. The molecule has 0 unspecified atom stereocenters. The molecule has 0 saturated carbocycles. The molecule has 1 fully saturated rings. The second-order valence-corrected chi connectivity index (χ2v) is 4.80. The molecular formula is C15H19NO2. The Morgan fingerprint density at radius 3 is 2.89 bits per heavy atom. The summed E-state index contributed by atoms with van der Waals surface area (Å²) >= 11 is 0. The average molecular weight is 245 g/mol. The van der Waals surface area contributed by atoms with Crippen molar-refractivity contribution in [2.75, 3.05) is 19.8 Å². The minimum Gasteiger partial charge on any atom is -0.373 e. The molecule has 0 atom stereocenters. The molecule has 0 spiro atoms. The van der Waals surface area contributed by atoms with E-state index >= 15 is 0 Å². The molecule has 0 radical (unpaired) electrons. The predicted octanol–water partition coefficient (Wildman–Crippen LogP) is 2.63. The van der Waals surface area contributed by atoms with Gasteiger partial charge in [0.15, 0.2) is 6.29 Å². The minimum atomic E-state index is -0.00989. The molecule has 0 aliphatic carbocycles. The third-order valence-corrected chi connectivity index (χ3v) is 3.44. The molecule has 0 bridgehead atoms. The van der Waals surface area contributed by atoms with Gasteiger partial charge in [0.05, 0.1) is 13.2 Å². The van der Waals surface area contributed by atoms with Crippen LogP contribution in [0.5, 0.6) is 0 Å². The van der Waals surface area contributed by atoms with E-state index < -0.39 is 0 Å². The first kappa shape index (κ1) is 11.8. The van der Waals surface area contributed by atoms with Gasteiger partial charge in [-0.15, -0.1) is 0 Å². The zero-order chi connectivity index (χ0) is 12.2. The van der Waals surface area contributed by atoms with Gasteiger partial charge in [-0.3, -0.25) is 0 Å². The fraction of sp³-hybridized carbons (Fsp3) is 0.467. The molecule has 3 heteroatoms. The van der Waals surface area contributed by atoms with Crippen LogP contribution in [-0.2, 0) is 16.0 Å². The summed E-state index contributed by atoms with van der Waals surface area (Å²) < 4.78 is 11.1. The number of nitrogens with zero attached hydrogens (tertiary/aromatic N) is 1. The van der Waals surface area contributed by atoms with Gasteiger partial charge in [0.1, 0.15) is 0 Å². The third-order valence-electron chi connectivity index (χ3n) is 3.44. The molecule has 3 nitrogen and oxygen atoms in total. The largest absolute Gasteiger partial charge is 0.373 e. The Kier molecular flexibility index (Phi) is 3.62.